The number of carboxylic acid groups (broad SMARTS) is 1. The Balaban J connectivity index is 1.72. The fraction of sp³-hybridized carbons (Fsp3) is 0.846. The average Bonchev–Trinajstić information content (AvgIpc) is 2.85. The number of rotatable bonds is 7. The first kappa shape index (κ1) is 16.2. The van der Waals surface area contributed by atoms with E-state index in [4.69, 9.17) is 5.11 Å². The standard InChI is InChI=1S/C13H22N2O5S/c16-12(17)6-3-7-14-21(19,20)11-8-15(9-11)13(18)10-4-1-2-5-10/h10-11,14H,1-9H2,(H,16,17). The normalized spacial score (nSPS) is 20.5. The molecule has 1 saturated carbocycles. The van der Waals surface area contributed by atoms with Crippen molar-refractivity contribution < 1.29 is 23.1 Å². The van der Waals surface area contributed by atoms with Gasteiger partial charge in [0, 0.05) is 32.0 Å². The van der Waals surface area contributed by atoms with Crippen molar-refractivity contribution in [1.29, 1.82) is 0 Å². The van der Waals surface area contributed by atoms with E-state index >= 15 is 0 Å². The number of nitrogens with one attached hydrogen (secondary N) is 1. The van der Waals surface area contributed by atoms with E-state index in [2.05, 4.69) is 4.72 Å². The molecule has 120 valence electrons. The summed E-state index contributed by atoms with van der Waals surface area (Å²) in [5.74, 6) is -0.770. The minimum atomic E-state index is -3.45. The van der Waals surface area contributed by atoms with Crippen LogP contribution in [-0.4, -0.2) is 55.2 Å². The second-order valence-electron chi connectivity index (χ2n) is 5.78. The first-order valence-electron chi connectivity index (χ1n) is 7.39. The summed E-state index contributed by atoms with van der Waals surface area (Å²) in [4.78, 5) is 24.1. The molecule has 2 fully saturated rings. The molecule has 0 radical (unpaired) electrons. The molecule has 0 atom stereocenters. The van der Waals surface area contributed by atoms with E-state index in [1.165, 1.54) is 0 Å². The number of carbonyl (C=O) groups is 2. The van der Waals surface area contributed by atoms with Crippen LogP contribution in [0.25, 0.3) is 0 Å². The summed E-state index contributed by atoms with van der Waals surface area (Å²) in [5.41, 5.74) is 0. The Labute approximate surface area is 124 Å². The number of likely N-dealkylation sites (tertiary alicyclic amines) is 1. The average molecular weight is 318 g/mol. The molecule has 1 aliphatic carbocycles. The summed E-state index contributed by atoms with van der Waals surface area (Å²) < 4.78 is 26.3. The second kappa shape index (κ2) is 6.74. The maximum Gasteiger partial charge on any atom is 0.303 e. The third-order valence-electron chi connectivity index (χ3n) is 4.17. The molecular weight excluding hydrogens is 296 g/mol. The number of sulfonamides is 1. The zero-order valence-electron chi connectivity index (χ0n) is 12.0. The molecule has 1 saturated heterocycles. The fourth-order valence-electron chi connectivity index (χ4n) is 2.82. The highest BCUT2D eigenvalue weighted by molar-refractivity contribution is 7.90. The van der Waals surface area contributed by atoms with Gasteiger partial charge in [0.1, 0.15) is 5.25 Å². The molecule has 0 unspecified atom stereocenters. The Kier molecular flexibility index (Phi) is 5.21. The van der Waals surface area contributed by atoms with E-state index in [0.717, 1.165) is 25.7 Å². The van der Waals surface area contributed by atoms with Gasteiger partial charge in [-0.05, 0) is 19.3 Å². The number of hydrogen-bond acceptors (Lipinski definition) is 4. The predicted octanol–water partition coefficient (Wildman–Crippen LogP) is 0.172. The summed E-state index contributed by atoms with van der Waals surface area (Å²) in [6, 6.07) is 0. The quantitative estimate of drug-likeness (QED) is 0.651. The molecule has 1 amide bonds. The van der Waals surface area contributed by atoms with Crippen LogP contribution in [0.2, 0.25) is 0 Å². The first-order valence-corrected chi connectivity index (χ1v) is 8.94. The lowest BCUT2D eigenvalue weighted by molar-refractivity contribution is -0.139. The van der Waals surface area contributed by atoms with Crippen LogP contribution in [0.15, 0.2) is 0 Å². The van der Waals surface area contributed by atoms with Crippen LogP contribution in [0.1, 0.15) is 38.5 Å². The van der Waals surface area contributed by atoms with Crippen molar-refractivity contribution in [1.82, 2.24) is 9.62 Å². The minimum Gasteiger partial charge on any atom is -0.481 e. The molecule has 21 heavy (non-hydrogen) atoms. The Morgan fingerprint density at radius 2 is 1.81 bits per heavy atom. The molecule has 0 aromatic carbocycles. The van der Waals surface area contributed by atoms with Crippen LogP contribution in [0.5, 0.6) is 0 Å². The Bertz CT molecular complexity index is 493. The van der Waals surface area contributed by atoms with Crippen molar-refractivity contribution in [2.45, 2.75) is 43.8 Å². The zero-order valence-corrected chi connectivity index (χ0v) is 12.8. The van der Waals surface area contributed by atoms with E-state index < -0.39 is 21.2 Å². The largest absolute Gasteiger partial charge is 0.481 e. The van der Waals surface area contributed by atoms with Gasteiger partial charge < -0.3 is 10.0 Å². The number of aliphatic carboxylic acids is 1. The summed E-state index contributed by atoms with van der Waals surface area (Å²) >= 11 is 0. The SMILES string of the molecule is O=C(O)CCCNS(=O)(=O)C1CN(C(=O)C2CCCC2)C1. The molecule has 7 nitrogen and oxygen atoms in total. The first-order chi connectivity index (χ1) is 9.90. The number of nitrogens with zero attached hydrogens (tertiary/aromatic N) is 1. The topological polar surface area (TPSA) is 104 Å². The molecule has 0 bridgehead atoms. The molecule has 2 rings (SSSR count). The van der Waals surface area contributed by atoms with Crippen molar-refractivity contribution >= 4 is 21.9 Å². The van der Waals surface area contributed by atoms with Crippen LogP contribution in [0.4, 0.5) is 0 Å². The molecule has 1 heterocycles. The molecule has 1 aliphatic heterocycles. The minimum absolute atomic E-state index is 0.0561. The lowest BCUT2D eigenvalue weighted by atomic mass is 10.0. The van der Waals surface area contributed by atoms with Gasteiger partial charge in [0.15, 0.2) is 0 Å². The van der Waals surface area contributed by atoms with E-state index in [1.54, 1.807) is 4.90 Å². The molecule has 2 aliphatic rings. The van der Waals surface area contributed by atoms with E-state index in [1.807, 2.05) is 0 Å². The van der Waals surface area contributed by atoms with Crippen LogP contribution < -0.4 is 4.72 Å². The van der Waals surface area contributed by atoms with Crippen molar-refractivity contribution in [3.05, 3.63) is 0 Å². The predicted molar refractivity (Wildman–Crippen MR) is 76.1 cm³/mol. The van der Waals surface area contributed by atoms with Crippen molar-refractivity contribution in [2.24, 2.45) is 5.92 Å². The van der Waals surface area contributed by atoms with E-state index in [9.17, 15) is 18.0 Å². The zero-order chi connectivity index (χ0) is 15.5. The van der Waals surface area contributed by atoms with Gasteiger partial charge >= 0.3 is 5.97 Å². The summed E-state index contributed by atoms with van der Waals surface area (Å²) in [7, 11) is -3.45. The number of carbonyl (C=O) groups excluding carboxylic acids is 1. The monoisotopic (exact) mass is 318 g/mol. The second-order valence-corrected chi connectivity index (χ2v) is 7.83. The van der Waals surface area contributed by atoms with Crippen LogP contribution in [0.3, 0.4) is 0 Å². The van der Waals surface area contributed by atoms with Gasteiger partial charge in [-0.25, -0.2) is 13.1 Å². The van der Waals surface area contributed by atoms with Crippen molar-refractivity contribution in [3.8, 4) is 0 Å². The molecule has 8 heteroatoms. The lowest BCUT2D eigenvalue weighted by Gasteiger charge is -2.39. The van der Waals surface area contributed by atoms with Crippen LogP contribution in [0, 0.1) is 5.92 Å². The van der Waals surface area contributed by atoms with Crippen molar-refractivity contribution in [3.63, 3.8) is 0 Å². The Morgan fingerprint density at radius 1 is 1.19 bits per heavy atom. The third kappa shape index (κ3) is 4.16. The highest BCUT2D eigenvalue weighted by Crippen LogP contribution is 2.29. The van der Waals surface area contributed by atoms with Gasteiger partial charge in [-0.2, -0.15) is 0 Å². The van der Waals surface area contributed by atoms with Crippen molar-refractivity contribution in [2.75, 3.05) is 19.6 Å². The summed E-state index contributed by atoms with van der Waals surface area (Å²) in [6.07, 6.45) is 4.21. The maximum absolute atomic E-state index is 12.1. The van der Waals surface area contributed by atoms with Gasteiger partial charge in [0.2, 0.25) is 15.9 Å². The Morgan fingerprint density at radius 3 is 2.38 bits per heavy atom. The molecule has 0 aromatic heterocycles. The van der Waals surface area contributed by atoms with Gasteiger partial charge in [0.05, 0.1) is 0 Å². The van der Waals surface area contributed by atoms with Gasteiger partial charge in [-0.1, -0.05) is 12.8 Å². The summed E-state index contributed by atoms with van der Waals surface area (Å²) in [5, 5.41) is 7.93. The summed E-state index contributed by atoms with van der Waals surface area (Å²) in [6.45, 7) is 0.634. The van der Waals surface area contributed by atoms with Gasteiger partial charge in [-0.15, -0.1) is 0 Å². The highest BCUT2D eigenvalue weighted by atomic mass is 32.2. The van der Waals surface area contributed by atoms with Gasteiger partial charge in [-0.3, -0.25) is 9.59 Å². The number of hydrogen-bond donors (Lipinski definition) is 2. The van der Waals surface area contributed by atoms with Gasteiger partial charge in [0.25, 0.3) is 0 Å². The molecule has 2 N–H and O–H groups in total. The fourth-order valence-corrected chi connectivity index (χ4v) is 4.23. The smallest absolute Gasteiger partial charge is 0.303 e. The molecule has 0 aromatic rings. The molecular formula is C13H22N2O5S. The highest BCUT2D eigenvalue weighted by Gasteiger charge is 2.41. The lowest BCUT2D eigenvalue weighted by Crippen LogP contribution is -2.60. The van der Waals surface area contributed by atoms with E-state index in [0.29, 0.717) is 0 Å². The van der Waals surface area contributed by atoms with E-state index in [-0.39, 0.29) is 44.3 Å². The number of amides is 1. The third-order valence-corrected chi connectivity index (χ3v) is 5.96. The van der Waals surface area contributed by atoms with Crippen LogP contribution >= 0.6 is 0 Å². The van der Waals surface area contributed by atoms with Crippen LogP contribution in [-0.2, 0) is 19.6 Å². The number of carboxylic acids is 1. The molecule has 0 spiro atoms. The maximum atomic E-state index is 12.1. The Hall–Kier alpha value is -1.15.